The molecule has 8 heteroatoms. The molecular weight excluding hydrogens is 384 g/mol. The summed E-state index contributed by atoms with van der Waals surface area (Å²) in [5.41, 5.74) is -0.796. The molecule has 3 heterocycles. The molecule has 3 N–H and O–H groups in total. The van der Waals surface area contributed by atoms with Crippen molar-refractivity contribution >= 4 is 22.9 Å². The Kier molecular flexibility index (Phi) is 6.69. The van der Waals surface area contributed by atoms with Crippen LogP contribution in [-0.2, 0) is 14.3 Å². The van der Waals surface area contributed by atoms with Crippen LogP contribution in [0.2, 0.25) is 0 Å². The first-order chi connectivity index (χ1) is 13.2. The van der Waals surface area contributed by atoms with Crippen molar-refractivity contribution in [3.8, 4) is 0 Å². The molecule has 0 radical (unpaired) electrons. The molecule has 2 unspecified atom stereocenters. The van der Waals surface area contributed by atoms with E-state index in [1.165, 1.54) is 11.3 Å². The Morgan fingerprint density at radius 2 is 2.11 bits per heavy atom. The smallest absolute Gasteiger partial charge is 0.171 e. The fourth-order valence-corrected chi connectivity index (χ4v) is 4.54. The van der Waals surface area contributed by atoms with Crippen molar-refractivity contribution in [2.75, 3.05) is 6.61 Å². The maximum Gasteiger partial charge on any atom is 0.171 e. The van der Waals surface area contributed by atoms with Gasteiger partial charge in [-0.2, -0.15) is 11.3 Å². The highest BCUT2D eigenvalue weighted by Gasteiger charge is 2.55. The molecule has 0 amide bonds. The molecule has 156 valence electrons. The second-order valence-electron chi connectivity index (χ2n) is 7.98. The third-order valence-corrected chi connectivity index (χ3v) is 6.53. The minimum Gasteiger partial charge on any atom is -0.393 e. The van der Waals surface area contributed by atoms with Gasteiger partial charge in [-0.15, -0.1) is 0 Å². The van der Waals surface area contributed by atoms with E-state index >= 15 is 0 Å². The molecule has 0 aliphatic carbocycles. The molecule has 7 nitrogen and oxygen atoms in total. The van der Waals surface area contributed by atoms with Gasteiger partial charge in [-0.1, -0.05) is 6.92 Å². The number of ether oxygens (including phenoxy) is 2. The topological polar surface area (TPSA) is 117 Å². The summed E-state index contributed by atoms with van der Waals surface area (Å²) >= 11 is 1.39. The Morgan fingerprint density at radius 1 is 1.36 bits per heavy atom. The van der Waals surface area contributed by atoms with Crippen LogP contribution in [-0.4, -0.2) is 69.6 Å². The number of carbonyl (C=O) groups excluding carboxylic acids is 2. The number of aliphatic hydroxyl groups excluding tert-OH is 3. The van der Waals surface area contributed by atoms with Gasteiger partial charge in [-0.3, -0.25) is 9.59 Å². The summed E-state index contributed by atoms with van der Waals surface area (Å²) < 4.78 is 11.5. The van der Waals surface area contributed by atoms with Gasteiger partial charge in [-0.25, -0.2) is 0 Å². The third kappa shape index (κ3) is 4.69. The fraction of sp³-hybridized carbons (Fsp3) is 0.700. The van der Waals surface area contributed by atoms with E-state index in [-0.39, 0.29) is 62.0 Å². The molecule has 2 saturated heterocycles. The molecule has 0 spiro atoms. The predicted octanol–water partition coefficient (Wildman–Crippen LogP) is 1.34. The quantitative estimate of drug-likeness (QED) is 0.318. The Balaban J connectivity index is 1.69. The zero-order valence-electron chi connectivity index (χ0n) is 16.1. The van der Waals surface area contributed by atoms with Crippen molar-refractivity contribution in [1.29, 1.82) is 0 Å². The number of Topliss-reactive ketones (excluding diaryl/α,β-unsaturated/α-hetero) is 2. The lowest BCUT2D eigenvalue weighted by molar-refractivity contribution is -0.204. The van der Waals surface area contributed by atoms with Gasteiger partial charge < -0.3 is 24.8 Å². The second-order valence-corrected chi connectivity index (χ2v) is 8.76. The van der Waals surface area contributed by atoms with Crippen LogP contribution in [0, 0.1) is 5.92 Å². The zero-order valence-corrected chi connectivity index (χ0v) is 16.9. The third-order valence-electron chi connectivity index (χ3n) is 5.85. The molecule has 2 fully saturated rings. The van der Waals surface area contributed by atoms with Gasteiger partial charge in [-0.05, 0) is 24.8 Å². The van der Waals surface area contributed by atoms with E-state index in [0.29, 0.717) is 5.56 Å². The molecule has 1 aromatic heterocycles. The van der Waals surface area contributed by atoms with E-state index < -0.39 is 23.9 Å². The summed E-state index contributed by atoms with van der Waals surface area (Å²) in [7, 11) is 0. The van der Waals surface area contributed by atoms with E-state index in [9.17, 15) is 24.9 Å². The number of hydrogen-bond acceptors (Lipinski definition) is 8. The average Bonchev–Trinajstić information content (AvgIpc) is 3.16. The standard InChI is InChI=1S/C20H28O7S/c1-11(12(2)21)18-17(27-18)9-20(19(25)15(23)3-5-26-20)8-14(22)7-16(24)13-4-6-28-10-13/h4,6,10-12,15,17-19,21,23,25H,3,5,7-9H2,1-2H3/t11-,12-,15?,17-,18-,19?,20+/m0/s1. The largest absolute Gasteiger partial charge is 0.393 e. The molecule has 1 aromatic rings. The van der Waals surface area contributed by atoms with Gasteiger partial charge in [0.25, 0.3) is 0 Å². The maximum absolute atomic E-state index is 12.6. The van der Waals surface area contributed by atoms with Crippen molar-refractivity contribution in [2.24, 2.45) is 5.92 Å². The SMILES string of the molecule is C[C@H]([C@@H]1O[C@H]1C[C@@]1(CC(=O)CC(=O)c2ccsc2)OCCC(O)C1O)[C@H](C)O. The molecule has 0 aromatic carbocycles. The first-order valence-corrected chi connectivity index (χ1v) is 10.6. The number of ketones is 2. The first-order valence-electron chi connectivity index (χ1n) is 9.64. The highest BCUT2D eigenvalue weighted by Crippen LogP contribution is 2.42. The Hall–Kier alpha value is -1.16. The van der Waals surface area contributed by atoms with Crippen LogP contribution in [0.1, 0.15) is 49.9 Å². The molecule has 2 aliphatic heterocycles. The van der Waals surface area contributed by atoms with Gasteiger partial charge in [0.1, 0.15) is 17.5 Å². The number of thiophene rings is 1. The maximum atomic E-state index is 12.6. The Bertz CT molecular complexity index is 689. The van der Waals surface area contributed by atoms with Crippen LogP contribution in [0.3, 0.4) is 0 Å². The summed E-state index contributed by atoms with van der Waals surface area (Å²) in [4.78, 5) is 24.9. The Labute approximate surface area is 168 Å². The zero-order chi connectivity index (χ0) is 20.5. The molecule has 2 aliphatic rings. The predicted molar refractivity (Wildman–Crippen MR) is 102 cm³/mol. The second kappa shape index (κ2) is 8.69. The number of epoxide rings is 1. The molecule has 3 rings (SSSR count). The van der Waals surface area contributed by atoms with Crippen molar-refractivity contribution in [2.45, 2.75) is 75.7 Å². The van der Waals surface area contributed by atoms with Gasteiger partial charge in [0.2, 0.25) is 0 Å². The summed E-state index contributed by atoms with van der Waals surface area (Å²) in [5, 5.41) is 34.0. The molecule has 0 saturated carbocycles. The van der Waals surface area contributed by atoms with Crippen molar-refractivity contribution in [3.05, 3.63) is 22.4 Å². The lowest BCUT2D eigenvalue weighted by atomic mass is 9.79. The van der Waals surface area contributed by atoms with Gasteiger partial charge >= 0.3 is 0 Å². The van der Waals surface area contributed by atoms with Crippen LogP contribution in [0.5, 0.6) is 0 Å². The molecule has 7 atom stereocenters. The van der Waals surface area contributed by atoms with E-state index in [1.54, 1.807) is 23.8 Å². The van der Waals surface area contributed by atoms with Crippen LogP contribution in [0.4, 0.5) is 0 Å². The molecular formula is C20H28O7S. The number of carbonyl (C=O) groups is 2. The van der Waals surface area contributed by atoms with Crippen molar-refractivity contribution < 1.29 is 34.4 Å². The Morgan fingerprint density at radius 3 is 2.75 bits per heavy atom. The average molecular weight is 413 g/mol. The lowest BCUT2D eigenvalue weighted by Crippen LogP contribution is -2.57. The fourth-order valence-electron chi connectivity index (χ4n) is 3.88. The lowest BCUT2D eigenvalue weighted by Gasteiger charge is -2.43. The number of aliphatic hydroxyl groups is 3. The van der Waals surface area contributed by atoms with Gasteiger partial charge in [0, 0.05) is 29.7 Å². The van der Waals surface area contributed by atoms with E-state index in [1.807, 2.05) is 6.92 Å². The van der Waals surface area contributed by atoms with Crippen LogP contribution in [0.25, 0.3) is 0 Å². The summed E-state index contributed by atoms with van der Waals surface area (Å²) in [5.74, 6) is -0.704. The van der Waals surface area contributed by atoms with Crippen molar-refractivity contribution in [1.82, 2.24) is 0 Å². The van der Waals surface area contributed by atoms with E-state index in [0.717, 1.165) is 0 Å². The van der Waals surface area contributed by atoms with Gasteiger partial charge in [0.05, 0.1) is 37.4 Å². The van der Waals surface area contributed by atoms with E-state index in [2.05, 4.69) is 0 Å². The summed E-state index contributed by atoms with van der Waals surface area (Å²) in [6.07, 6.45) is -3.18. The van der Waals surface area contributed by atoms with Crippen molar-refractivity contribution in [3.63, 3.8) is 0 Å². The summed E-state index contributed by atoms with van der Waals surface area (Å²) in [6, 6.07) is 1.67. The number of rotatable bonds is 9. The van der Waals surface area contributed by atoms with Crippen LogP contribution < -0.4 is 0 Å². The van der Waals surface area contributed by atoms with Crippen LogP contribution >= 0.6 is 11.3 Å². The summed E-state index contributed by atoms with van der Waals surface area (Å²) in [6.45, 7) is 3.78. The molecule has 28 heavy (non-hydrogen) atoms. The highest BCUT2D eigenvalue weighted by atomic mass is 32.1. The van der Waals surface area contributed by atoms with E-state index in [4.69, 9.17) is 9.47 Å². The monoisotopic (exact) mass is 412 g/mol. The van der Waals surface area contributed by atoms with Gasteiger partial charge in [0.15, 0.2) is 5.78 Å². The molecule has 0 bridgehead atoms. The van der Waals surface area contributed by atoms with Crippen LogP contribution in [0.15, 0.2) is 16.8 Å². The highest BCUT2D eigenvalue weighted by molar-refractivity contribution is 7.08. The minimum atomic E-state index is -1.29. The first kappa shape index (κ1) is 21.5. The normalized spacial score (nSPS) is 34.6. The number of hydrogen-bond donors (Lipinski definition) is 3. The minimum absolute atomic E-state index is 0.0939.